The maximum atomic E-state index is 7.19. The van der Waals surface area contributed by atoms with Crippen molar-refractivity contribution in [2.24, 2.45) is 0 Å². The summed E-state index contributed by atoms with van der Waals surface area (Å²) in [6, 6.07) is 69.9. The van der Waals surface area contributed by atoms with E-state index >= 15 is 0 Å². The molecule has 2 aliphatic carbocycles. The minimum absolute atomic E-state index is 0.111. The summed E-state index contributed by atoms with van der Waals surface area (Å²) in [7, 11) is 0. The third-order valence-corrected chi connectivity index (χ3v) is 14.8. The van der Waals surface area contributed by atoms with E-state index in [4.69, 9.17) is 4.42 Å². The van der Waals surface area contributed by atoms with Crippen LogP contribution in [0.25, 0.3) is 82.5 Å². The number of para-hydroxylation sites is 3. The van der Waals surface area contributed by atoms with Crippen molar-refractivity contribution in [3.63, 3.8) is 0 Å². The Labute approximate surface area is 373 Å². The molecule has 0 N–H and O–H groups in total. The second kappa shape index (κ2) is 14.3. The van der Waals surface area contributed by atoms with Crippen LogP contribution < -0.4 is 4.90 Å². The quantitative estimate of drug-likeness (QED) is 0.167. The first-order valence-corrected chi connectivity index (χ1v) is 23.1. The van der Waals surface area contributed by atoms with Crippen molar-refractivity contribution < 1.29 is 4.42 Å². The van der Waals surface area contributed by atoms with E-state index in [2.05, 4.69) is 211 Å². The molecule has 0 aliphatic heterocycles. The molecule has 2 heterocycles. The number of anilines is 3. The SMILES string of the molecule is CC1(C)c2ccccc2-c2cc(N(c3c(-c4ccc5c6ccccc6n(-c6ccccc6)c5c4)ccc4ccccc34)c3ccc(C4CCCCC4)c4c3oc3ccccc34)ccc21. The summed E-state index contributed by atoms with van der Waals surface area (Å²) in [6.07, 6.45) is 6.30. The van der Waals surface area contributed by atoms with Crippen LogP contribution in [0.5, 0.6) is 0 Å². The summed E-state index contributed by atoms with van der Waals surface area (Å²) in [4.78, 5) is 2.54. The highest BCUT2D eigenvalue weighted by Crippen LogP contribution is 2.54. The van der Waals surface area contributed by atoms with E-state index in [9.17, 15) is 0 Å². The average Bonchev–Trinajstić information content (AvgIpc) is 3.98. The van der Waals surface area contributed by atoms with Gasteiger partial charge in [-0.05, 0) is 106 Å². The lowest BCUT2D eigenvalue weighted by atomic mass is 9.82. The fourth-order valence-electron chi connectivity index (χ4n) is 11.7. The third kappa shape index (κ3) is 5.53. The van der Waals surface area contributed by atoms with Gasteiger partial charge in [-0.25, -0.2) is 0 Å². The van der Waals surface area contributed by atoms with Gasteiger partial charge in [0.05, 0.1) is 22.4 Å². The minimum atomic E-state index is -0.111. The van der Waals surface area contributed by atoms with Gasteiger partial charge in [0.1, 0.15) is 5.58 Å². The van der Waals surface area contributed by atoms with Crippen molar-refractivity contribution in [3.05, 3.63) is 205 Å². The van der Waals surface area contributed by atoms with E-state index in [1.807, 2.05) is 0 Å². The fraction of sp³-hybridized carbons (Fsp3) is 0.148. The van der Waals surface area contributed by atoms with Gasteiger partial charge in [0, 0.05) is 49.3 Å². The molecular weight excluding hydrogens is 777 g/mol. The zero-order valence-electron chi connectivity index (χ0n) is 36.3. The number of fused-ring (bicyclic) bond motifs is 10. The Hall–Kier alpha value is -7.36. The molecule has 0 radical (unpaired) electrons. The summed E-state index contributed by atoms with van der Waals surface area (Å²) in [5.74, 6) is 0.509. The molecule has 9 aromatic carbocycles. The normalized spacial score (nSPS) is 14.8. The Morgan fingerprint density at radius 2 is 1.25 bits per heavy atom. The van der Waals surface area contributed by atoms with Gasteiger partial charge in [-0.1, -0.05) is 173 Å². The predicted molar refractivity (Wildman–Crippen MR) is 269 cm³/mol. The molecule has 64 heavy (non-hydrogen) atoms. The predicted octanol–water partition coefficient (Wildman–Crippen LogP) is 17.3. The van der Waals surface area contributed by atoms with Gasteiger partial charge >= 0.3 is 0 Å². The van der Waals surface area contributed by atoms with E-state index in [1.54, 1.807) is 0 Å². The molecule has 0 bridgehead atoms. The summed E-state index contributed by atoms with van der Waals surface area (Å²) in [6.45, 7) is 4.73. The highest BCUT2D eigenvalue weighted by Gasteiger charge is 2.36. The minimum Gasteiger partial charge on any atom is -0.454 e. The number of rotatable bonds is 6. The van der Waals surface area contributed by atoms with Crippen molar-refractivity contribution >= 4 is 71.6 Å². The van der Waals surface area contributed by atoms with E-state index in [0.717, 1.165) is 45.0 Å². The zero-order valence-corrected chi connectivity index (χ0v) is 36.3. The molecule has 2 aromatic heterocycles. The van der Waals surface area contributed by atoms with Gasteiger partial charge in [0.15, 0.2) is 5.58 Å². The molecule has 1 fully saturated rings. The summed E-state index contributed by atoms with van der Waals surface area (Å²) >= 11 is 0. The first kappa shape index (κ1) is 37.2. The highest BCUT2D eigenvalue weighted by molar-refractivity contribution is 6.16. The van der Waals surface area contributed by atoms with Crippen LogP contribution in [0, 0.1) is 0 Å². The van der Waals surface area contributed by atoms with Crippen molar-refractivity contribution in [1.82, 2.24) is 4.57 Å². The molecule has 1 saturated carbocycles. The first-order chi connectivity index (χ1) is 31.5. The van der Waals surface area contributed by atoms with Gasteiger partial charge in [-0.15, -0.1) is 0 Å². The molecule has 3 nitrogen and oxygen atoms in total. The maximum absolute atomic E-state index is 7.19. The number of benzene rings is 9. The molecule has 0 unspecified atom stereocenters. The number of hydrogen-bond acceptors (Lipinski definition) is 2. The smallest absolute Gasteiger partial charge is 0.159 e. The Bertz CT molecular complexity index is 3640. The van der Waals surface area contributed by atoms with Crippen LogP contribution in [0.2, 0.25) is 0 Å². The second-order valence-electron chi connectivity index (χ2n) is 18.6. The summed E-state index contributed by atoms with van der Waals surface area (Å²) in [5, 5.41) is 7.32. The van der Waals surface area contributed by atoms with E-state index in [-0.39, 0.29) is 5.41 Å². The standard InChI is InChI=1S/C61H48N2O/c1-61(2)52-26-14-11-23-47(52)51-38-43(31-35-53(51)61)63(55-36-34-44(39-17-5-3-6-18-39)58-50-25-13-16-28-57(50)64-60(55)58)59-45-22-10-9-19-40(45)29-32-46(59)41-30-33-49-48-24-12-15-27-54(48)62(56(49)37-41)42-20-7-4-8-21-42/h4,7-16,19-39H,3,5-6,17-18H2,1-2H3. The van der Waals surface area contributed by atoms with Gasteiger partial charge < -0.3 is 13.9 Å². The molecule has 13 rings (SSSR count). The van der Waals surface area contributed by atoms with E-state index in [1.165, 1.54) is 103 Å². The van der Waals surface area contributed by atoms with Crippen LogP contribution >= 0.6 is 0 Å². The lowest BCUT2D eigenvalue weighted by Crippen LogP contribution is -2.16. The molecule has 3 heteroatoms. The van der Waals surface area contributed by atoms with Crippen LogP contribution in [0.15, 0.2) is 192 Å². The molecule has 2 aliphatic rings. The fourth-order valence-corrected chi connectivity index (χ4v) is 11.7. The van der Waals surface area contributed by atoms with Crippen LogP contribution in [0.3, 0.4) is 0 Å². The van der Waals surface area contributed by atoms with Crippen molar-refractivity contribution in [3.8, 4) is 27.9 Å². The average molecular weight is 825 g/mol. The van der Waals surface area contributed by atoms with Crippen molar-refractivity contribution in [1.29, 1.82) is 0 Å². The maximum Gasteiger partial charge on any atom is 0.159 e. The van der Waals surface area contributed by atoms with E-state index < -0.39 is 0 Å². The molecule has 308 valence electrons. The van der Waals surface area contributed by atoms with Crippen molar-refractivity contribution in [2.75, 3.05) is 4.90 Å². The summed E-state index contributed by atoms with van der Waals surface area (Å²) in [5.41, 5.74) is 17.7. The lowest BCUT2D eigenvalue weighted by Gasteiger charge is -2.31. The Kier molecular flexibility index (Phi) is 8.34. The highest BCUT2D eigenvalue weighted by atomic mass is 16.3. The first-order valence-electron chi connectivity index (χ1n) is 23.1. The number of furan rings is 1. The molecule has 0 atom stereocenters. The largest absolute Gasteiger partial charge is 0.454 e. The molecule has 0 spiro atoms. The Morgan fingerprint density at radius 3 is 2.12 bits per heavy atom. The van der Waals surface area contributed by atoms with E-state index in [0.29, 0.717) is 5.92 Å². The molecule has 11 aromatic rings. The lowest BCUT2D eigenvalue weighted by molar-refractivity contribution is 0.445. The Morgan fingerprint density at radius 1 is 0.531 bits per heavy atom. The van der Waals surface area contributed by atoms with Gasteiger partial charge in [0.25, 0.3) is 0 Å². The van der Waals surface area contributed by atoms with Gasteiger partial charge in [0.2, 0.25) is 0 Å². The molecule has 0 saturated heterocycles. The Balaban J connectivity index is 1.13. The van der Waals surface area contributed by atoms with Crippen LogP contribution in [-0.2, 0) is 5.41 Å². The monoisotopic (exact) mass is 824 g/mol. The van der Waals surface area contributed by atoms with Gasteiger partial charge in [-0.3, -0.25) is 0 Å². The van der Waals surface area contributed by atoms with Crippen LogP contribution in [0.4, 0.5) is 17.1 Å². The van der Waals surface area contributed by atoms with Crippen molar-refractivity contribution in [2.45, 2.75) is 57.3 Å². The number of aromatic nitrogens is 1. The number of hydrogen-bond donors (Lipinski definition) is 0. The van der Waals surface area contributed by atoms with Crippen LogP contribution in [-0.4, -0.2) is 4.57 Å². The second-order valence-corrected chi connectivity index (χ2v) is 18.6. The molecule has 0 amide bonds. The van der Waals surface area contributed by atoms with Gasteiger partial charge in [-0.2, -0.15) is 0 Å². The zero-order chi connectivity index (χ0) is 42.5. The third-order valence-electron chi connectivity index (χ3n) is 14.8. The molecular formula is C61H48N2O. The summed E-state index contributed by atoms with van der Waals surface area (Å²) < 4.78 is 9.61. The van der Waals surface area contributed by atoms with Crippen LogP contribution in [0.1, 0.15) is 68.6 Å². The topological polar surface area (TPSA) is 21.3 Å². The number of nitrogens with zero attached hydrogens (tertiary/aromatic N) is 2.